The predicted octanol–water partition coefficient (Wildman–Crippen LogP) is 1.18. The van der Waals surface area contributed by atoms with Gasteiger partial charge in [0.05, 0.1) is 19.8 Å². The molecule has 6 nitrogen and oxygen atoms in total. The van der Waals surface area contributed by atoms with E-state index in [0.29, 0.717) is 11.8 Å². The van der Waals surface area contributed by atoms with Gasteiger partial charge in [-0.1, -0.05) is 20.8 Å². The second kappa shape index (κ2) is 12.6. The Kier molecular flexibility index (Phi) is 11.0. The number of ether oxygens (including phenoxy) is 2. The minimum Gasteiger partial charge on any atom is -0.380 e. The first kappa shape index (κ1) is 20.2. The topological polar surface area (TPSA) is 58.1 Å². The molecule has 0 aromatic heterocycles. The largest absolute Gasteiger partial charge is 0.380 e. The number of nitrogens with one attached hydrogen (secondary N) is 2. The Morgan fingerprint density at radius 1 is 1.17 bits per heavy atom. The molecule has 2 N–H and O–H groups in total. The first-order chi connectivity index (χ1) is 11.1. The third-order valence-corrected chi connectivity index (χ3v) is 3.89. The Morgan fingerprint density at radius 2 is 1.91 bits per heavy atom. The van der Waals surface area contributed by atoms with Crippen LogP contribution in [0.25, 0.3) is 0 Å². The molecule has 0 radical (unpaired) electrons. The molecule has 0 amide bonds. The summed E-state index contributed by atoms with van der Waals surface area (Å²) in [5.41, 5.74) is 0. The summed E-state index contributed by atoms with van der Waals surface area (Å²) in [7, 11) is 1.81. The van der Waals surface area contributed by atoms with Gasteiger partial charge in [0, 0.05) is 46.4 Å². The second-order valence-electron chi connectivity index (χ2n) is 6.69. The van der Waals surface area contributed by atoms with Crippen molar-refractivity contribution < 1.29 is 9.47 Å². The Hall–Kier alpha value is -0.850. The molecule has 1 unspecified atom stereocenters. The fraction of sp³-hybridized carbons (Fsp3) is 0.941. The van der Waals surface area contributed by atoms with Gasteiger partial charge < -0.3 is 20.1 Å². The van der Waals surface area contributed by atoms with Crippen LogP contribution >= 0.6 is 0 Å². The van der Waals surface area contributed by atoms with Crippen LogP contribution in [0.4, 0.5) is 0 Å². The molecule has 0 saturated carbocycles. The summed E-state index contributed by atoms with van der Waals surface area (Å²) in [5, 5.41) is 6.69. The van der Waals surface area contributed by atoms with E-state index in [1.165, 1.54) is 0 Å². The van der Waals surface area contributed by atoms with Gasteiger partial charge in [-0.15, -0.1) is 0 Å². The van der Waals surface area contributed by atoms with Gasteiger partial charge in [0.2, 0.25) is 0 Å². The van der Waals surface area contributed by atoms with Gasteiger partial charge in [-0.2, -0.15) is 0 Å². The third-order valence-electron chi connectivity index (χ3n) is 3.89. The Bertz CT molecular complexity index is 318. The normalized spacial score (nSPS) is 18.2. The lowest BCUT2D eigenvalue weighted by Gasteiger charge is -2.29. The van der Waals surface area contributed by atoms with Crippen molar-refractivity contribution in [2.75, 3.05) is 66.2 Å². The van der Waals surface area contributed by atoms with Crippen LogP contribution in [0.3, 0.4) is 0 Å². The first-order valence-corrected chi connectivity index (χ1v) is 8.94. The Balaban J connectivity index is 2.06. The zero-order chi connectivity index (χ0) is 16.9. The number of guanidine groups is 1. The summed E-state index contributed by atoms with van der Waals surface area (Å²) in [6, 6.07) is 0. The third kappa shape index (κ3) is 10.5. The van der Waals surface area contributed by atoms with Gasteiger partial charge >= 0.3 is 0 Å². The lowest BCUT2D eigenvalue weighted by molar-refractivity contribution is 0.0320. The number of hydrogen-bond acceptors (Lipinski definition) is 4. The minimum atomic E-state index is 0.578. The second-order valence-corrected chi connectivity index (χ2v) is 6.69. The van der Waals surface area contributed by atoms with Crippen LogP contribution in [0.1, 0.15) is 27.2 Å². The van der Waals surface area contributed by atoms with E-state index in [1.807, 2.05) is 7.05 Å². The van der Waals surface area contributed by atoms with Gasteiger partial charge in [0.1, 0.15) is 0 Å². The van der Waals surface area contributed by atoms with Crippen LogP contribution in [0.2, 0.25) is 0 Å². The maximum absolute atomic E-state index is 5.60. The Morgan fingerprint density at radius 3 is 2.57 bits per heavy atom. The van der Waals surface area contributed by atoms with E-state index >= 15 is 0 Å². The van der Waals surface area contributed by atoms with Crippen molar-refractivity contribution in [1.82, 2.24) is 15.5 Å². The predicted molar refractivity (Wildman–Crippen MR) is 96.1 cm³/mol. The van der Waals surface area contributed by atoms with Crippen LogP contribution in [0.5, 0.6) is 0 Å². The molecule has 1 atom stereocenters. The summed E-state index contributed by atoms with van der Waals surface area (Å²) in [4.78, 5) is 6.72. The van der Waals surface area contributed by atoms with E-state index in [0.717, 1.165) is 71.5 Å². The Labute approximate surface area is 142 Å². The molecule has 1 aliphatic heterocycles. The highest BCUT2D eigenvalue weighted by Crippen LogP contribution is 2.02. The fourth-order valence-electron chi connectivity index (χ4n) is 2.44. The molecule has 23 heavy (non-hydrogen) atoms. The van der Waals surface area contributed by atoms with Crippen molar-refractivity contribution >= 4 is 5.96 Å². The number of aliphatic imine (C=N–C) groups is 1. The maximum atomic E-state index is 5.60. The average molecular weight is 329 g/mol. The van der Waals surface area contributed by atoms with Gasteiger partial charge in [-0.25, -0.2) is 0 Å². The van der Waals surface area contributed by atoms with Crippen molar-refractivity contribution in [3.63, 3.8) is 0 Å². The van der Waals surface area contributed by atoms with Gasteiger partial charge in [0.25, 0.3) is 0 Å². The van der Waals surface area contributed by atoms with Crippen LogP contribution in [0, 0.1) is 11.8 Å². The van der Waals surface area contributed by atoms with Gasteiger partial charge in [0.15, 0.2) is 5.96 Å². The molecule has 0 spiro atoms. The molecule has 136 valence electrons. The van der Waals surface area contributed by atoms with Crippen LogP contribution < -0.4 is 10.6 Å². The molecule has 6 heteroatoms. The lowest BCUT2D eigenvalue weighted by atomic mass is 10.1. The maximum Gasteiger partial charge on any atom is 0.191 e. The molecule has 1 heterocycles. The molecule has 1 rings (SSSR count). The number of nitrogens with zero attached hydrogens (tertiary/aromatic N) is 2. The zero-order valence-corrected chi connectivity index (χ0v) is 15.4. The SMILES string of the molecule is CN=C(NCCOCCC(C)C)NCC(C)CN1CCOCC1. The standard InChI is InChI=1S/C17H36N4O2/c1-15(2)5-9-22-10-6-19-17(18-4)20-13-16(3)14-21-7-11-23-12-8-21/h15-16H,5-14H2,1-4H3,(H2,18,19,20). The van der Waals surface area contributed by atoms with E-state index in [-0.39, 0.29) is 0 Å². The van der Waals surface area contributed by atoms with Crippen molar-refractivity contribution in [2.45, 2.75) is 27.2 Å². The fourth-order valence-corrected chi connectivity index (χ4v) is 2.44. The number of hydrogen-bond donors (Lipinski definition) is 2. The molecule has 0 aliphatic carbocycles. The average Bonchev–Trinajstić information content (AvgIpc) is 2.54. The van der Waals surface area contributed by atoms with Crippen molar-refractivity contribution in [3.05, 3.63) is 0 Å². The molecular formula is C17H36N4O2. The van der Waals surface area contributed by atoms with E-state index in [2.05, 4.69) is 41.3 Å². The van der Waals surface area contributed by atoms with E-state index < -0.39 is 0 Å². The number of morpholine rings is 1. The smallest absolute Gasteiger partial charge is 0.191 e. The summed E-state index contributed by atoms with van der Waals surface area (Å²) in [5.74, 6) is 2.13. The van der Waals surface area contributed by atoms with Crippen LogP contribution in [-0.2, 0) is 9.47 Å². The highest BCUT2D eigenvalue weighted by Gasteiger charge is 2.13. The van der Waals surface area contributed by atoms with Crippen LogP contribution in [-0.4, -0.2) is 77.1 Å². The quantitative estimate of drug-likeness (QED) is 0.358. The first-order valence-electron chi connectivity index (χ1n) is 8.94. The minimum absolute atomic E-state index is 0.578. The highest BCUT2D eigenvalue weighted by atomic mass is 16.5. The van der Waals surface area contributed by atoms with Crippen molar-refractivity contribution in [1.29, 1.82) is 0 Å². The van der Waals surface area contributed by atoms with Crippen LogP contribution in [0.15, 0.2) is 4.99 Å². The lowest BCUT2D eigenvalue weighted by Crippen LogP contribution is -2.44. The summed E-state index contributed by atoms with van der Waals surface area (Å²) in [6.07, 6.45) is 1.12. The molecule has 0 aromatic carbocycles. The van der Waals surface area contributed by atoms with E-state index in [4.69, 9.17) is 9.47 Å². The molecule has 1 fully saturated rings. The summed E-state index contributed by atoms with van der Waals surface area (Å²) in [6.45, 7) is 14.9. The van der Waals surface area contributed by atoms with Crippen molar-refractivity contribution in [3.8, 4) is 0 Å². The van der Waals surface area contributed by atoms with Gasteiger partial charge in [-0.3, -0.25) is 9.89 Å². The monoisotopic (exact) mass is 328 g/mol. The zero-order valence-electron chi connectivity index (χ0n) is 15.4. The molecule has 1 saturated heterocycles. The van der Waals surface area contributed by atoms with E-state index in [9.17, 15) is 0 Å². The van der Waals surface area contributed by atoms with E-state index in [1.54, 1.807) is 0 Å². The highest BCUT2D eigenvalue weighted by molar-refractivity contribution is 5.79. The molecular weight excluding hydrogens is 292 g/mol. The molecule has 1 aliphatic rings. The van der Waals surface area contributed by atoms with Crippen molar-refractivity contribution in [2.24, 2.45) is 16.8 Å². The number of rotatable bonds is 10. The summed E-state index contributed by atoms with van der Waals surface area (Å²) < 4.78 is 11.0. The summed E-state index contributed by atoms with van der Waals surface area (Å²) >= 11 is 0. The molecule has 0 aromatic rings. The van der Waals surface area contributed by atoms with Gasteiger partial charge in [-0.05, 0) is 18.3 Å². The molecule has 0 bridgehead atoms.